The molecule has 0 atom stereocenters. The molecule has 3 aromatic heterocycles. The van der Waals surface area contributed by atoms with Crippen molar-refractivity contribution in [2.45, 2.75) is 19.8 Å². The molecule has 3 heterocycles. The number of aryl methyl sites for hydroxylation is 1. The second-order valence-corrected chi connectivity index (χ2v) is 7.52. The largest absolute Gasteiger partial charge is 0.322 e. The Bertz CT molecular complexity index is 1370. The number of H-pyrrole nitrogens is 1. The number of nitrogens with zero attached hydrogens (tertiary/aromatic N) is 4. The van der Waals surface area contributed by atoms with Crippen molar-refractivity contribution < 1.29 is 13.6 Å². The third-order valence-electron chi connectivity index (χ3n) is 5.06. The maximum atomic E-state index is 13.6. The van der Waals surface area contributed by atoms with E-state index >= 15 is 0 Å². The number of anilines is 1. The number of nitriles is 1. The van der Waals surface area contributed by atoms with Crippen LogP contribution < -0.4 is 5.32 Å². The van der Waals surface area contributed by atoms with E-state index in [-0.39, 0.29) is 5.56 Å². The zero-order valence-electron chi connectivity index (χ0n) is 17.7. The molecule has 0 saturated heterocycles. The lowest BCUT2D eigenvalue weighted by atomic mass is 9.98. The van der Waals surface area contributed by atoms with Crippen molar-refractivity contribution in [2.75, 3.05) is 5.32 Å². The number of pyridine rings is 2. The van der Waals surface area contributed by atoms with Crippen molar-refractivity contribution in [3.63, 3.8) is 0 Å². The van der Waals surface area contributed by atoms with E-state index in [1.165, 1.54) is 12.3 Å². The quantitative estimate of drug-likeness (QED) is 0.446. The summed E-state index contributed by atoms with van der Waals surface area (Å²) in [6.07, 6.45) is 6.07. The van der Waals surface area contributed by atoms with Crippen molar-refractivity contribution in [3.8, 4) is 28.5 Å². The smallest absolute Gasteiger partial charge is 0.286 e. The molecule has 0 bridgehead atoms. The fourth-order valence-corrected chi connectivity index (χ4v) is 3.33. The first-order valence-electron chi connectivity index (χ1n) is 9.92. The lowest BCUT2D eigenvalue weighted by Gasteiger charge is -2.13. The normalized spacial score (nSPS) is 11.1. The lowest BCUT2D eigenvalue weighted by Crippen LogP contribution is -2.15. The number of alkyl halides is 2. The van der Waals surface area contributed by atoms with Crippen LogP contribution in [0.4, 0.5) is 14.5 Å². The van der Waals surface area contributed by atoms with Crippen LogP contribution in [-0.2, 0) is 5.92 Å². The topological polar surface area (TPSA) is 107 Å². The molecule has 2 N–H and O–H groups in total. The Hall–Kier alpha value is -4.45. The third kappa shape index (κ3) is 4.60. The van der Waals surface area contributed by atoms with Gasteiger partial charge in [0, 0.05) is 47.9 Å². The molecule has 1 amide bonds. The minimum Gasteiger partial charge on any atom is -0.322 e. The summed E-state index contributed by atoms with van der Waals surface area (Å²) in [4.78, 5) is 20.7. The average Bonchev–Trinajstić information content (AvgIpc) is 3.34. The number of amides is 1. The van der Waals surface area contributed by atoms with Crippen LogP contribution in [0.3, 0.4) is 0 Å². The van der Waals surface area contributed by atoms with E-state index in [4.69, 9.17) is 0 Å². The van der Waals surface area contributed by atoms with Crippen LogP contribution in [0.2, 0.25) is 0 Å². The molecule has 0 saturated carbocycles. The fraction of sp³-hybridized carbons (Fsp3) is 0.125. The molecule has 1 aromatic carbocycles. The van der Waals surface area contributed by atoms with Crippen LogP contribution in [0.25, 0.3) is 22.4 Å². The molecule has 0 fully saturated rings. The standard InChI is InChI=1S/C24H18F2N6O/c1-14-3-4-19(32-23(33)15-5-6-28-21(8-15)24(2,25)26)9-20(14)17-7-16(10-27)22(29-11-17)18-12-30-31-13-18/h3-9,11-13H,1-2H3,(H,30,31)(H,32,33). The SMILES string of the molecule is Cc1ccc(NC(=O)c2ccnc(C(C)(F)F)c2)cc1-c1cnc(-c2cn[nH]c2)c(C#N)c1. The summed E-state index contributed by atoms with van der Waals surface area (Å²) < 4.78 is 27.1. The van der Waals surface area contributed by atoms with Crippen molar-refractivity contribution in [2.24, 2.45) is 0 Å². The Kier molecular flexibility index (Phi) is 5.67. The van der Waals surface area contributed by atoms with Gasteiger partial charge in [-0.2, -0.15) is 19.1 Å². The Morgan fingerprint density at radius 3 is 2.64 bits per heavy atom. The summed E-state index contributed by atoms with van der Waals surface area (Å²) in [5.74, 6) is -3.69. The minimum absolute atomic E-state index is 0.0709. The van der Waals surface area contributed by atoms with E-state index < -0.39 is 17.5 Å². The third-order valence-corrected chi connectivity index (χ3v) is 5.06. The number of aromatic amines is 1. The van der Waals surface area contributed by atoms with E-state index in [0.717, 1.165) is 24.1 Å². The summed E-state index contributed by atoms with van der Waals surface area (Å²) in [6.45, 7) is 2.63. The molecule has 0 aliphatic carbocycles. The lowest BCUT2D eigenvalue weighted by molar-refractivity contribution is 0.0127. The second kappa shape index (κ2) is 8.59. The Balaban J connectivity index is 1.64. The number of rotatable bonds is 5. The van der Waals surface area contributed by atoms with Crippen LogP contribution >= 0.6 is 0 Å². The van der Waals surface area contributed by atoms with Crippen LogP contribution in [0.1, 0.15) is 34.1 Å². The number of aromatic nitrogens is 4. The molecular weight excluding hydrogens is 426 g/mol. The summed E-state index contributed by atoms with van der Waals surface area (Å²) in [6, 6.07) is 11.6. The molecule has 4 aromatic rings. The molecule has 0 spiro atoms. The minimum atomic E-state index is -3.15. The predicted molar refractivity (Wildman–Crippen MR) is 118 cm³/mol. The van der Waals surface area contributed by atoms with Crippen molar-refractivity contribution in [1.29, 1.82) is 5.26 Å². The van der Waals surface area contributed by atoms with Gasteiger partial charge in [0.2, 0.25) is 0 Å². The van der Waals surface area contributed by atoms with E-state index in [2.05, 4.69) is 31.6 Å². The molecule has 4 rings (SSSR count). The van der Waals surface area contributed by atoms with Crippen molar-refractivity contribution in [3.05, 3.63) is 83.6 Å². The molecular formula is C24H18F2N6O. The number of benzene rings is 1. The van der Waals surface area contributed by atoms with E-state index in [9.17, 15) is 18.8 Å². The predicted octanol–water partition coefficient (Wildman–Crippen LogP) is 5.08. The monoisotopic (exact) mass is 444 g/mol. The number of hydrogen-bond acceptors (Lipinski definition) is 5. The second-order valence-electron chi connectivity index (χ2n) is 7.52. The molecule has 33 heavy (non-hydrogen) atoms. The number of hydrogen-bond donors (Lipinski definition) is 2. The number of nitrogens with one attached hydrogen (secondary N) is 2. The molecule has 7 nitrogen and oxygen atoms in total. The number of halogens is 2. The molecule has 9 heteroatoms. The van der Waals surface area contributed by atoms with Gasteiger partial charge in [0.15, 0.2) is 0 Å². The van der Waals surface area contributed by atoms with Gasteiger partial charge in [-0.3, -0.25) is 19.9 Å². The molecule has 0 aliphatic rings. The Morgan fingerprint density at radius 1 is 1.12 bits per heavy atom. The highest BCUT2D eigenvalue weighted by atomic mass is 19.3. The Morgan fingerprint density at radius 2 is 1.94 bits per heavy atom. The van der Waals surface area contributed by atoms with E-state index in [1.54, 1.807) is 36.8 Å². The van der Waals surface area contributed by atoms with Gasteiger partial charge in [-0.15, -0.1) is 0 Å². The molecule has 164 valence electrons. The zero-order valence-corrected chi connectivity index (χ0v) is 17.7. The van der Waals surface area contributed by atoms with Crippen LogP contribution in [0.5, 0.6) is 0 Å². The fourth-order valence-electron chi connectivity index (χ4n) is 3.33. The van der Waals surface area contributed by atoms with Gasteiger partial charge in [-0.1, -0.05) is 6.07 Å². The highest BCUT2D eigenvalue weighted by Crippen LogP contribution is 2.30. The van der Waals surface area contributed by atoms with Gasteiger partial charge in [-0.05, 0) is 48.4 Å². The van der Waals surface area contributed by atoms with Gasteiger partial charge in [0.1, 0.15) is 11.8 Å². The first-order valence-corrected chi connectivity index (χ1v) is 9.92. The van der Waals surface area contributed by atoms with Gasteiger partial charge in [-0.25, -0.2) is 0 Å². The van der Waals surface area contributed by atoms with Gasteiger partial charge in [0.05, 0.1) is 17.5 Å². The van der Waals surface area contributed by atoms with Crippen LogP contribution in [0.15, 0.2) is 61.2 Å². The van der Waals surface area contributed by atoms with Crippen LogP contribution in [-0.4, -0.2) is 26.1 Å². The van der Waals surface area contributed by atoms with E-state index in [1.807, 2.05) is 13.0 Å². The van der Waals surface area contributed by atoms with Crippen molar-refractivity contribution >= 4 is 11.6 Å². The first kappa shape index (κ1) is 21.8. The maximum absolute atomic E-state index is 13.6. The Labute approximate surface area is 188 Å². The molecule has 0 unspecified atom stereocenters. The van der Waals surface area contributed by atoms with E-state index in [0.29, 0.717) is 28.1 Å². The van der Waals surface area contributed by atoms with Crippen LogP contribution in [0, 0.1) is 18.3 Å². The summed E-state index contributed by atoms with van der Waals surface area (Å²) in [5.41, 5.74) is 4.03. The summed E-state index contributed by atoms with van der Waals surface area (Å²) in [7, 11) is 0. The average molecular weight is 444 g/mol. The highest BCUT2D eigenvalue weighted by Gasteiger charge is 2.27. The van der Waals surface area contributed by atoms with Crippen molar-refractivity contribution in [1.82, 2.24) is 20.2 Å². The zero-order chi connectivity index (χ0) is 23.6. The maximum Gasteiger partial charge on any atom is 0.286 e. The summed E-state index contributed by atoms with van der Waals surface area (Å²) in [5, 5.41) is 18.9. The first-order chi connectivity index (χ1) is 15.8. The molecule has 0 aliphatic heterocycles. The number of carbonyl (C=O) groups is 1. The molecule has 0 radical (unpaired) electrons. The highest BCUT2D eigenvalue weighted by molar-refractivity contribution is 6.04. The number of carbonyl (C=O) groups excluding carboxylic acids is 1. The van der Waals surface area contributed by atoms with Gasteiger partial charge >= 0.3 is 0 Å². The summed E-state index contributed by atoms with van der Waals surface area (Å²) >= 11 is 0. The van der Waals surface area contributed by atoms with Gasteiger partial charge < -0.3 is 5.32 Å². The van der Waals surface area contributed by atoms with Gasteiger partial charge in [0.25, 0.3) is 11.8 Å².